The van der Waals surface area contributed by atoms with Gasteiger partial charge in [-0.25, -0.2) is 0 Å². The van der Waals surface area contributed by atoms with E-state index in [0.29, 0.717) is 13.1 Å². The van der Waals surface area contributed by atoms with Gasteiger partial charge in [0.05, 0.1) is 12.6 Å². The average molecular weight is 268 g/mol. The summed E-state index contributed by atoms with van der Waals surface area (Å²) in [5.41, 5.74) is 0. The standard InChI is InChI=1S/C12H16N2O3S/c15-11(13-7-9-3-1-5-17-9)12(16)14-8-10-4-2-6-18-10/h2,4,6,9H,1,3,5,7-8H2,(H,13,15)(H,14,16). The molecule has 2 N–H and O–H groups in total. The van der Waals surface area contributed by atoms with Crippen molar-refractivity contribution < 1.29 is 14.3 Å². The molecule has 0 saturated carbocycles. The molecule has 0 bridgehead atoms. The summed E-state index contributed by atoms with van der Waals surface area (Å²) >= 11 is 1.54. The lowest BCUT2D eigenvalue weighted by Gasteiger charge is -2.10. The molecule has 1 aliphatic rings. The number of amides is 2. The Morgan fingerprint density at radius 1 is 1.39 bits per heavy atom. The average Bonchev–Trinajstić information content (AvgIpc) is 3.05. The molecule has 1 saturated heterocycles. The molecule has 1 atom stereocenters. The molecule has 5 nitrogen and oxygen atoms in total. The van der Waals surface area contributed by atoms with Crippen LogP contribution in [0.25, 0.3) is 0 Å². The molecular weight excluding hydrogens is 252 g/mol. The van der Waals surface area contributed by atoms with E-state index in [0.717, 1.165) is 24.3 Å². The zero-order valence-corrected chi connectivity index (χ0v) is 10.8. The quantitative estimate of drug-likeness (QED) is 0.788. The van der Waals surface area contributed by atoms with Gasteiger partial charge < -0.3 is 15.4 Å². The van der Waals surface area contributed by atoms with Gasteiger partial charge in [0.2, 0.25) is 0 Å². The van der Waals surface area contributed by atoms with Crippen molar-refractivity contribution in [1.29, 1.82) is 0 Å². The van der Waals surface area contributed by atoms with Crippen LogP contribution in [0.4, 0.5) is 0 Å². The zero-order chi connectivity index (χ0) is 12.8. The first-order valence-corrected chi connectivity index (χ1v) is 6.83. The van der Waals surface area contributed by atoms with E-state index < -0.39 is 11.8 Å². The number of ether oxygens (including phenoxy) is 1. The van der Waals surface area contributed by atoms with Gasteiger partial charge in [-0.05, 0) is 24.3 Å². The predicted octanol–water partition coefficient (Wildman–Crippen LogP) is 0.659. The minimum Gasteiger partial charge on any atom is -0.376 e. The highest BCUT2D eigenvalue weighted by Crippen LogP contribution is 2.10. The minimum atomic E-state index is -0.596. The van der Waals surface area contributed by atoms with Crippen LogP contribution in [0.15, 0.2) is 17.5 Å². The number of nitrogens with one attached hydrogen (secondary N) is 2. The van der Waals surface area contributed by atoms with Gasteiger partial charge in [-0.15, -0.1) is 11.3 Å². The summed E-state index contributed by atoms with van der Waals surface area (Å²) in [5.74, 6) is -1.19. The molecule has 1 unspecified atom stereocenters. The van der Waals surface area contributed by atoms with Gasteiger partial charge in [0.25, 0.3) is 0 Å². The number of carbonyl (C=O) groups excluding carboxylic acids is 2. The molecule has 6 heteroatoms. The molecule has 2 heterocycles. The summed E-state index contributed by atoms with van der Waals surface area (Å²) < 4.78 is 5.36. The summed E-state index contributed by atoms with van der Waals surface area (Å²) in [6, 6.07) is 3.82. The second-order valence-corrected chi connectivity index (χ2v) is 5.14. The van der Waals surface area contributed by atoms with Crippen molar-refractivity contribution in [3.05, 3.63) is 22.4 Å². The maximum atomic E-state index is 11.5. The van der Waals surface area contributed by atoms with Gasteiger partial charge in [-0.1, -0.05) is 6.07 Å². The summed E-state index contributed by atoms with van der Waals surface area (Å²) in [6.07, 6.45) is 2.02. The molecule has 1 aromatic heterocycles. The third kappa shape index (κ3) is 3.82. The Kier molecular flexibility index (Phi) is 4.72. The Labute approximate surface area is 110 Å². The van der Waals surface area contributed by atoms with Crippen LogP contribution in [0.3, 0.4) is 0 Å². The topological polar surface area (TPSA) is 67.4 Å². The summed E-state index contributed by atoms with van der Waals surface area (Å²) in [6.45, 7) is 1.54. The number of carbonyl (C=O) groups is 2. The number of thiophene rings is 1. The summed E-state index contributed by atoms with van der Waals surface area (Å²) in [4.78, 5) is 24.0. The lowest BCUT2D eigenvalue weighted by Crippen LogP contribution is -2.42. The normalized spacial score (nSPS) is 18.6. The molecule has 2 rings (SSSR count). The lowest BCUT2D eigenvalue weighted by atomic mass is 10.2. The van der Waals surface area contributed by atoms with Gasteiger partial charge in [0, 0.05) is 18.0 Å². The smallest absolute Gasteiger partial charge is 0.309 e. The molecule has 0 aromatic carbocycles. The fraction of sp³-hybridized carbons (Fsp3) is 0.500. The highest BCUT2D eigenvalue weighted by Gasteiger charge is 2.18. The van der Waals surface area contributed by atoms with Crippen LogP contribution in [-0.4, -0.2) is 31.1 Å². The van der Waals surface area contributed by atoms with Crippen molar-refractivity contribution in [1.82, 2.24) is 10.6 Å². The van der Waals surface area contributed by atoms with Crippen molar-refractivity contribution in [2.24, 2.45) is 0 Å². The number of rotatable bonds is 4. The van der Waals surface area contributed by atoms with Crippen LogP contribution in [0, 0.1) is 0 Å². The molecule has 0 aliphatic carbocycles. The highest BCUT2D eigenvalue weighted by atomic mass is 32.1. The number of hydrogen-bond acceptors (Lipinski definition) is 4. The fourth-order valence-corrected chi connectivity index (χ4v) is 2.40. The van der Waals surface area contributed by atoms with Gasteiger partial charge in [0.15, 0.2) is 0 Å². The second-order valence-electron chi connectivity index (χ2n) is 4.11. The van der Waals surface area contributed by atoms with Crippen LogP contribution < -0.4 is 10.6 Å². The first kappa shape index (κ1) is 13.0. The fourth-order valence-electron chi connectivity index (χ4n) is 1.75. The monoisotopic (exact) mass is 268 g/mol. The Morgan fingerprint density at radius 3 is 2.89 bits per heavy atom. The van der Waals surface area contributed by atoms with E-state index in [1.54, 1.807) is 11.3 Å². The molecule has 0 radical (unpaired) electrons. The zero-order valence-electron chi connectivity index (χ0n) is 9.98. The van der Waals surface area contributed by atoms with Gasteiger partial charge in [-0.3, -0.25) is 9.59 Å². The maximum Gasteiger partial charge on any atom is 0.309 e. The van der Waals surface area contributed by atoms with Crippen LogP contribution >= 0.6 is 11.3 Å². The summed E-state index contributed by atoms with van der Waals surface area (Å²) in [7, 11) is 0. The van der Waals surface area contributed by atoms with Gasteiger partial charge in [0.1, 0.15) is 0 Å². The number of hydrogen-bond donors (Lipinski definition) is 2. The van der Waals surface area contributed by atoms with E-state index in [1.165, 1.54) is 0 Å². The largest absolute Gasteiger partial charge is 0.376 e. The van der Waals surface area contributed by atoms with E-state index in [9.17, 15) is 9.59 Å². The van der Waals surface area contributed by atoms with Crippen molar-refractivity contribution in [2.75, 3.05) is 13.2 Å². The van der Waals surface area contributed by atoms with E-state index in [-0.39, 0.29) is 6.10 Å². The molecule has 18 heavy (non-hydrogen) atoms. The van der Waals surface area contributed by atoms with E-state index in [1.807, 2.05) is 17.5 Å². The van der Waals surface area contributed by atoms with Crippen LogP contribution in [0.5, 0.6) is 0 Å². The molecule has 98 valence electrons. The SMILES string of the molecule is O=C(NCc1cccs1)C(=O)NCC1CCCO1. The molecule has 1 fully saturated rings. The van der Waals surface area contributed by atoms with Gasteiger partial charge in [-0.2, -0.15) is 0 Å². The first-order chi connectivity index (χ1) is 8.75. The van der Waals surface area contributed by atoms with Crippen LogP contribution in [0.2, 0.25) is 0 Å². The first-order valence-electron chi connectivity index (χ1n) is 5.95. The Hall–Kier alpha value is -1.40. The molecule has 2 amide bonds. The maximum absolute atomic E-state index is 11.5. The Morgan fingerprint density at radius 2 is 2.22 bits per heavy atom. The minimum absolute atomic E-state index is 0.0547. The molecule has 0 spiro atoms. The van der Waals surface area contributed by atoms with Crippen LogP contribution in [0.1, 0.15) is 17.7 Å². The van der Waals surface area contributed by atoms with Crippen molar-refractivity contribution >= 4 is 23.2 Å². The van der Waals surface area contributed by atoms with E-state index >= 15 is 0 Å². The second kappa shape index (κ2) is 6.51. The Bertz CT molecular complexity index is 399. The van der Waals surface area contributed by atoms with Gasteiger partial charge >= 0.3 is 11.8 Å². The third-order valence-electron chi connectivity index (χ3n) is 2.72. The van der Waals surface area contributed by atoms with E-state index in [2.05, 4.69) is 10.6 Å². The van der Waals surface area contributed by atoms with Crippen molar-refractivity contribution in [3.8, 4) is 0 Å². The predicted molar refractivity (Wildman–Crippen MR) is 68.1 cm³/mol. The van der Waals surface area contributed by atoms with E-state index in [4.69, 9.17) is 4.74 Å². The Balaban J connectivity index is 1.66. The molecule has 1 aromatic rings. The van der Waals surface area contributed by atoms with Crippen molar-refractivity contribution in [3.63, 3.8) is 0 Å². The molecular formula is C12H16N2O3S. The van der Waals surface area contributed by atoms with Crippen molar-refractivity contribution in [2.45, 2.75) is 25.5 Å². The third-order valence-corrected chi connectivity index (χ3v) is 3.60. The molecule has 1 aliphatic heterocycles. The summed E-state index contributed by atoms with van der Waals surface area (Å²) in [5, 5.41) is 7.09. The lowest BCUT2D eigenvalue weighted by molar-refractivity contribution is -0.139. The van der Waals surface area contributed by atoms with Crippen LogP contribution in [-0.2, 0) is 20.9 Å². The highest BCUT2D eigenvalue weighted by molar-refractivity contribution is 7.09.